The van der Waals surface area contributed by atoms with Crippen LogP contribution in [-0.4, -0.2) is 82.1 Å². The molecular weight excluding hydrogens is 890 g/mol. The molecule has 400 valence electrons. The summed E-state index contributed by atoms with van der Waals surface area (Å²) in [6.07, 6.45) is 16.9. The van der Waals surface area contributed by atoms with Crippen LogP contribution in [-0.2, 0) is 42.2 Å². The number of carbonyl (C=O) groups excluding carboxylic acids is 3. The molecule has 0 heterocycles. The van der Waals surface area contributed by atoms with Gasteiger partial charge >= 0.3 is 17.9 Å². The number of quaternary nitrogens is 1. The van der Waals surface area contributed by atoms with Crippen LogP contribution < -0.4 is 4.89 Å². The molecule has 0 radical (unpaired) electrons. The molecule has 4 aliphatic rings. The van der Waals surface area contributed by atoms with E-state index in [0.29, 0.717) is 34.7 Å². The molecule has 0 saturated heterocycles. The van der Waals surface area contributed by atoms with E-state index in [9.17, 15) is 23.8 Å². The quantitative estimate of drug-likeness (QED) is 0.0271. The van der Waals surface area contributed by atoms with Crippen molar-refractivity contribution in [3.63, 3.8) is 0 Å². The molecule has 3 saturated carbocycles. The van der Waals surface area contributed by atoms with Crippen molar-refractivity contribution < 1.29 is 51.6 Å². The molecule has 0 bridgehead atoms. The molecule has 6 unspecified atom stereocenters. The number of hydrogen-bond acceptors (Lipinski definition) is 10. The Balaban J connectivity index is 1.35. The predicted octanol–water partition coefficient (Wildman–Crippen LogP) is 12.9. The molecule has 0 aliphatic heterocycles. The van der Waals surface area contributed by atoms with E-state index in [1.807, 2.05) is 21.1 Å². The third-order valence-corrected chi connectivity index (χ3v) is 18.1. The maximum Gasteiger partial charge on any atom is 0.309 e. The fraction of sp³-hybridized carbons (Fsp3) is 0.912. The number of rotatable bonds is 26. The maximum atomic E-state index is 13.9. The van der Waals surface area contributed by atoms with Gasteiger partial charge in [-0.2, -0.15) is 0 Å². The average molecular weight is 992 g/mol. The van der Waals surface area contributed by atoms with E-state index in [-0.39, 0.29) is 47.7 Å². The molecule has 0 N–H and O–H groups in total. The molecule has 12 heteroatoms. The van der Waals surface area contributed by atoms with Gasteiger partial charge in [-0.3, -0.25) is 18.9 Å². The molecule has 0 spiro atoms. The van der Waals surface area contributed by atoms with Gasteiger partial charge in [0.15, 0.2) is 6.10 Å². The van der Waals surface area contributed by atoms with E-state index in [0.717, 1.165) is 74.5 Å². The minimum absolute atomic E-state index is 0.0135. The summed E-state index contributed by atoms with van der Waals surface area (Å²) >= 11 is 0. The normalized spacial score (nSPS) is 29.3. The molecule has 0 aromatic carbocycles. The standard InChI is InChI=1S/C57H102NO10P/c1-39(2)18-17-19-41(4)48-24-25-49-47-23-21-43-34-44(28-30-56(43,12)50(47)29-31-57(48,49)13)67-51(59)26-27-52(60)68-45(38-66-69(62,63)65-33-32-58(14,15)16)37-64-53(61)46(42(5)36-55(9,10)11)22-20-40(3)35-54(6,7)8/h21,39-42,44-50H,17-20,22-38H2,1-16H3/t40?,41-,42?,44+,45?,46?,47?,48-,49+,50+,56+,57-/m1/s1. The first kappa shape index (κ1) is 59.8. The van der Waals surface area contributed by atoms with E-state index in [1.54, 1.807) is 0 Å². The fourth-order valence-electron chi connectivity index (χ4n) is 13.8. The van der Waals surface area contributed by atoms with E-state index in [2.05, 4.69) is 96.1 Å². The van der Waals surface area contributed by atoms with E-state index < -0.39 is 51.0 Å². The van der Waals surface area contributed by atoms with Crippen LogP contribution in [0.2, 0.25) is 0 Å². The number of allylic oxidation sites excluding steroid dienone is 1. The lowest BCUT2D eigenvalue weighted by molar-refractivity contribution is -0.870. The molecule has 11 nitrogen and oxygen atoms in total. The van der Waals surface area contributed by atoms with Gasteiger partial charge in [0.05, 0.1) is 46.5 Å². The van der Waals surface area contributed by atoms with Crippen LogP contribution in [0.3, 0.4) is 0 Å². The second kappa shape index (κ2) is 25.0. The number of phosphoric ester groups is 1. The van der Waals surface area contributed by atoms with Crippen molar-refractivity contribution in [2.75, 3.05) is 47.5 Å². The zero-order valence-electron chi connectivity index (χ0n) is 46.8. The van der Waals surface area contributed by atoms with Crippen LogP contribution in [0.15, 0.2) is 11.6 Å². The molecule has 0 aromatic heterocycles. The highest BCUT2D eigenvalue weighted by atomic mass is 31.2. The van der Waals surface area contributed by atoms with Crippen molar-refractivity contribution >= 4 is 25.7 Å². The van der Waals surface area contributed by atoms with E-state index in [1.165, 1.54) is 50.5 Å². The monoisotopic (exact) mass is 992 g/mol. The van der Waals surface area contributed by atoms with Gasteiger partial charge in [0.25, 0.3) is 7.82 Å². The second-order valence-corrected chi connectivity index (χ2v) is 28.7. The smallest absolute Gasteiger partial charge is 0.309 e. The van der Waals surface area contributed by atoms with Crippen LogP contribution in [0.25, 0.3) is 0 Å². The SMILES string of the molecule is CC(C)CCC[C@@H](C)[C@H]1CC[C@H]2C3CC=C4C[C@@H](OC(=O)CCC(=O)OC(COC(=O)C(CCC(C)CC(C)(C)C)C(C)CC(C)(C)C)COP(=O)([O-])OCC[N+](C)(C)C)CC[C@]4(C)[C@H]3CC[C@]12C. The first-order valence-corrected chi connectivity index (χ1v) is 28.9. The molecule has 4 rings (SSSR count). The zero-order valence-corrected chi connectivity index (χ0v) is 47.6. The number of fused-ring (bicyclic) bond motifs is 5. The van der Waals surface area contributed by atoms with Crippen molar-refractivity contribution in [3.8, 4) is 0 Å². The predicted molar refractivity (Wildman–Crippen MR) is 275 cm³/mol. The highest BCUT2D eigenvalue weighted by Gasteiger charge is 2.59. The summed E-state index contributed by atoms with van der Waals surface area (Å²) in [5.41, 5.74) is 2.15. The number of esters is 3. The molecule has 13 atom stereocenters. The first-order chi connectivity index (χ1) is 31.8. The fourth-order valence-corrected chi connectivity index (χ4v) is 14.6. The Morgan fingerprint density at radius 2 is 1.48 bits per heavy atom. The summed E-state index contributed by atoms with van der Waals surface area (Å²) in [6.45, 7) is 29.0. The van der Waals surface area contributed by atoms with Crippen molar-refractivity contribution in [3.05, 3.63) is 11.6 Å². The highest BCUT2D eigenvalue weighted by molar-refractivity contribution is 7.45. The Bertz CT molecular complexity index is 1740. The van der Waals surface area contributed by atoms with Crippen LogP contribution >= 0.6 is 7.82 Å². The zero-order chi connectivity index (χ0) is 51.8. The molecule has 3 fully saturated rings. The largest absolute Gasteiger partial charge is 0.756 e. The molecular formula is C57H102NO10P. The highest BCUT2D eigenvalue weighted by Crippen LogP contribution is 2.67. The van der Waals surface area contributed by atoms with Crippen LogP contribution in [0.4, 0.5) is 0 Å². The number of likely N-dealkylation sites (N-methyl/N-ethyl adjacent to an activating group) is 1. The first-order valence-electron chi connectivity index (χ1n) is 27.5. The third-order valence-electron chi connectivity index (χ3n) is 17.1. The van der Waals surface area contributed by atoms with Crippen LogP contribution in [0, 0.1) is 74.9 Å². The molecule has 69 heavy (non-hydrogen) atoms. The Labute approximate surface area is 421 Å². The van der Waals surface area contributed by atoms with Gasteiger partial charge in [-0.05, 0) is 140 Å². The van der Waals surface area contributed by atoms with Crippen molar-refractivity contribution in [2.45, 2.75) is 211 Å². The van der Waals surface area contributed by atoms with Gasteiger partial charge in [-0.1, -0.05) is 121 Å². The second-order valence-electron chi connectivity index (χ2n) is 27.3. The number of hydrogen-bond donors (Lipinski definition) is 0. The Kier molecular flexibility index (Phi) is 21.6. The Morgan fingerprint density at radius 1 is 0.812 bits per heavy atom. The van der Waals surface area contributed by atoms with Crippen molar-refractivity contribution in [2.24, 2.45) is 74.9 Å². The molecule has 0 amide bonds. The summed E-state index contributed by atoms with van der Waals surface area (Å²) in [4.78, 5) is 53.4. The number of carbonyl (C=O) groups is 3. The minimum atomic E-state index is -4.79. The van der Waals surface area contributed by atoms with E-state index in [4.69, 9.17) is 23.3 Å². The summed E-state index contributed by atoms with van der Waals surface area (Å²) in [5.74, 6) is 2.96. The summed E-state index contributed by atoms with van der Waals surface area (Å²) < 4.78 is 41.2. The summed E-state index contributed by atoms with van der Waals surface area (Å²) in [6, 6.07) is 0. The number of ether oxygens (including phenoxy) is 3. The topological polar surface area (TPSA) is 137 Å². The van der Waals surface area contributed by atoms with Crippen LogP contribution in [0.5, 0.6) is 0 Å². The van der Waals surface area contributed by atoms with Crippen molar-refractivity contribution in [1.29, 1.82) is 0 Å². The molecule has 0 aromatic rings. The van der Waals surface area contributed by atoms with Crippen molar-refractivity contribution in [1.82, 2.24) is 0 Å². The Hall–Kier alpha value is -1.78. The van der Waals surface area contributed by atoms with E-state index >= 15 is 0 Å². The lowest BCUT2D eigenvalue weighted by Crippen LogP contribution is -2.51. The number of nitrogens with zero attached hydrogens (tertiary/aromatic N) is 1. The Morgan fingerprint density at radius 3 is 2.12 bits per heavy atom. The average Bonchev–Trinajstić information content (AvgIpc) is 3.56. The molecule has 4 aliphatic carbocycles. The third kappa shape index (κ3) is 18.6. The summed E-state index contributed by atoms with van der Waals surface area (Å²) in [7, 11) is 0.957. The van der Waals surface area contributed by atoms with Gasteiger partial charge in [0.2, 0.25) is 0 Å². The van der Waals surface area contributed by atoms with Gasteiger partial charge in [-0.25, -0.2) is 0 Å². The lowest BCUT2D eigenvalue weighted by Gasteiger charge is -2.58. The maximum absolute atomic E-state index is 13.9. The van der Waals surface area contributed by atoms with Gasteiger partial charge in [0, 0.05) is 6.42 Å². The van der Waals surface area contributed by atoms with Gasteiger partial charge < -0.3 is 32.6 Å². The van der Waals surface area contributed by atoms with Gasteiger partial charge in [-0.15, -0.1) is 0 Å². The minimum Gasteiger partial charge on any atom is -0.756 e. The lowest BCUT2D eigenvalue weighted by atomic mass is 9.47. The van der Waals surface area contributed by atoms with Crippen LogP contribution in [0.1, 0.15) is 199 Å². The van der Waals surface area contributed by atoms with Gasteiger partial charge in [0.1, 0.15) is 25.9 Å². The summed E-state index contributed by atoms with van der Waals surface area (Å²) in [5, 5.41) is 0. The number of phosphoric acid groups is 1.